The Kier molecular flexibility index (Phi) is 4.35. The van der Waals surface area contributed by atoms with Crippen molar-refractivity contribution in [2.45, 2.75) is 40.7 Å². The SMILES string of the molecule is Cc1ccc(C(=O)NC(C(=O)O)C(C)(C)C)cc1C. The summed E-state index contributed by atoms with van der Waals surface area (Å²) >= 11 is 0. The van der Waals surface area contributed by atoms with Crippen molar-refractivity contribution in [3.05, 3.63) is 34.9 Å². The number of hydrogen-bond donors (Lipinski definition) is 2. The summed E-state index contributed by atoms with van der Waals surface area (Å²) in [5.74, 6) is -1.38. The van der Waals surface area contributed by atoms with Gasteiger partial charge in [0.15, 0.2) is 0 Å². The summed E-state index contributed by atoms with van der Waals surface area (Å²) in [5, 5.41) is 11.8. The van der Waals surface area contributed by atoms with Gasteiger partial charge in [0.25, 0.3) is 5.91 Å². The molecule has 4 heteroatoms. The van der Waals surface area contributed by atoms with Crippen molar-refractivity contribution >= 4 is 11.9 Å². The van der Waals surface area contributed by atoms with Crippen LogP contribution >= 0.6 is 0 Å². The lowest BCUT2D eigenvalue weighted by molar-refractivity contribution is -0.142. The van der Waals surface area contributed by atoms with E-state index < -0.39 is 17.4 Å². The van der Waals surface area contributed by atoms with Crippen molar-refractivity contribution in [2.24, 2.45) is 5.41 Å². The molecule has 0 saturated carbocycles. The van der Waals surface area contributed by atoms with Crippen LogP contribution in [0.1, 0.15) is 42.3 Å². The molecule has 1 aromatic rings. The van der Waals surface area contributed by atoms with Gasteiger partial charge in [-0.05, 0) is 42.5 Å². The summed E-state index contributed by atoms with van der Waals surface area (Å²) in [4.78, 5) is 23.3. The van der Waals surface area contributed by atoms with Crippen LogP contribution in [-0.4, -0.2) is 23.0 Å². The Labute approximate surface area is 113 Å². The minimum Gasteiger partial charge on any atom is -0.480 e. The van der Waals surface area contributed by atoms with Gasteiger partial charge in [-0.25, -0.2) is 4.79 Å². The third kappa shape index (κ3) is 3.81. The van der Waals surface area contributed by atoms with Crippen LogP contribution in [0.15, 0.2) is 18.2 Å². The maximum atomic E-state index is 12.1. The molecule has 0 radical (unpaired) electrons. The summed E-state index contributed by atoms with van der Waals surface area (Å²) < 4.78 is 0. The molecule has 0 bridgehead atoms. The largest absolute Gasteiger partial charge is 0.480 e. The van der Waals surface area contributed by atoms with Gasteiger partial charge in [-0.3, -0.25) is 4.79 Å². The third-order valence-corrected chi connectivity index (χ3v) is 3.16. The highest BCUT2D eigenvalue weighted by Gasteiger charge is 2.32. The van der Waals surface area contributed by atoms with E-state index >= 15 is 0 Å². The van der Waals surface area contributed by atoms with Crippen molar-refractivity contribution in [3.8, 4) is 0 Å². The van der Waals surface area contributed by atoms with Gasteiger partial charge in [0.1, 0.15) is 6.04 Å². The Bertz CT molecular complexity index is 501. The van der Waals surface area contributed by atoms with Crippen molar-refractivity contribution in [1.82, 2.24) is 5.32 Å². The van der Waals surface area contributed by atoms with E-state index in [9.17, 15) is 14.7 Å². The van der Waals surface area contributed by atoms with Crippen LogP contribution in [0, 0.1) is 19.3 Å². The highest BCUT2D eigenvalue weighted by atomic mass is 16.4. The Morgan fingerprint density at radius 1 is 1.16 bits per heavy atom. The first-order valence-electron chi connectivity index (χ1n) is 6.24. The van der Waals surface area contributed by atoms with Gasteiger partial charge in [-0.15, -0.1) is 0 Å². The zero-order valence-electron chi connectivity index (χ0n) is 12.1. The number of aryl methyl sites for hydroxylation is 2. The number of hydrogen-bond acceptors (Lipinski definition) is 2. The van der Waals surface area contributed by atoms with E-state index in [-0.39, 0.29) is 5.91 Å². The average Bonchev–Trinajstić information content (AvgIpc) is 2.27. The predicted octanol–water partition coefficient (Wildman–Crippen LogP) is 2.53. The Balaban J connectivity index is 2.94. The predicted molar refractivity (Wildman–Crippen MR) is 74.3 cm³/mol. The highest BCUT2D eigenvalue weighted by Crippen LogP contribution is 2.20. The normalized spacial score (nSPS) is 12.9. The van der Waals surface area contributed by atoms with Crippen LogP contribution in [0.5, 0.6) is 0 Å². The monoisotopic (exact) mass is 263 g/mol. The van der Waals surface area contributed by atoms with Gasteiger partial charge in [-0.1, -0.05) is 26.8 Å². The number of carbonyl (C=O) groups is 2. The lowest BCUT2D eigenvalue weighted by atomic mass is 9.86. The highest BCUT2D eigenvalue weighted by molar-refractivity contribution is 5.97. The molecule has 1 unspecified atom stereocenters. The second kappa shape index (κ2) is 5.43. The molecule has 0 saturated heterocycles. The first kappa shape index (κ1) is 15.2. The standard InChI is InChI=1S/C15H21NO3/c1-9-6-7-11(8-10(9)2)13(17)16-12(14(18)19)15(3,4)5/h6-8,12H,1-5H3,(H,16,17)(H,18,19). The molecule has 0 aliphatic heterocycles. The van der Waals surface area contributed by atoms with Crippen molar-refractivity contribution in [1.29, 1.82) is 0 Å². The second-order valence-corrected chi connectivity index (χ2v) is 5.91. The molecule has 0 fully saturated rings. The number of benzene rings is 1. The average molecular weight is 263 g/mol. The van der Waals surface area contributed by atoms with Gasteiger partial charge in [0, 0.05) is 5.56 Å². The van der Waals surface area contributed by atoms with Crippen LogP contribution in [0.4, 0.5) is 0 Å². The number of amides is 1. The molecule has 1 atom stereocenters. The summed E-state index contributed by atoms with van der Waals surface area (Å²) in [6.07, 6.45) is 0. The number of carboxylic acid groups (broad SMARTS) is 1. The number of aliphatic carboxylic acids is 1. The van der Waals surface area contributed by atoms with Gasteiger partial charge >= 0.3 is 5.97 Å². The van der Waals surface area contributed by atoms with Crippen LogP contribution in [-0.2, 0) is 4.79 Å². The molecule has 0 aliphatic rings. The Morgan fingerprint density at radius 2 is 1.74 bits per heavy atom. The maximum Gasteiger partial charge on any atom is 0.326 e. The Morgan fingerprint density at radius 3 is 2.16 bits per heavy atom. The van der Waals surface area contributed by atoms with Crippen LogP contribution in [0.3, 0.4) is 0 Å². The van der Waals surface area contributed by atoms with Gasteiger partial charge < -0.3 is 10.4 Å². The molecule has 0 spiro atoms. The van der Waals surface area contributed by atoms with Gasteiger partial charge in [0.05, 0.1) is 0 Å². The zero-order chi connectivity index (χ0) is 14.8. The molecule has 19 heavy (non-hydrogen) atoms. The Hall–Kier alpha value is -1.84. The number of carboxylic acids is 1. The van der Waals surface area contributed by atoms with E-state index in [2.05, 4.69) is 5.32 Å². The molecule has 1 rings (SSSR count). The molecule has 0 heterocycles. The number of rotatable bonds is 3. The molecular formula is C15H21NO3. The smallest absolute Gasteiger partial charge is 0.326 e. The summed E-state index contributed by atoms with van der Waals surface area (Å²) in [6.45, 7) is 9.24. The quantitative estimate of drug-likeness (QED) is 0.880. The molecule has 1 amide bonds. The molecule has 0 aliphatic carbocycles. The number of nitrogens with one attached hydrogen (secondary N) is 1. The minimum atomic E-state index is -1.02. The van der Waals surface area contributed by atoms with E-state index in [1.807, 2.05) is 19.9 Å². The van der Waals surface area contributed by atoms with E-state index in [1.165, 1.54) is 0 Å². The minimum absolute atomic E-state index is 0.356. The summed E-state index contributed by atoms with van der Waals surface area (Å²) in [6, 6.07) is 4.42. The van der Waals surface area contributed by atoms with Crippen LogP contribution in [0.2, 0.25) is 0 Å². The third-order valence-electron chi connectivity index (χ3n) is 3.16. The fourth-order valence-electron chi connectivity index (χ4n) is 1.75. The van der Waals surface area contributed by atoms with Crippen LogP contribution in [0.25, 0.3) is 0 Å². The number of carbonyl (C=O) groups excluding carboxylic acids is 1. The fourth-order valence-corrected chi connectivity index (χ4v) is 1.75. The lowest BCUT2D eigenvalue weighted by Gasteiger charge is -2.27. The molecule has 1 aromatic carbocycles. The first-order valence-corrected chi connectivity index (χ1v) is 6.24. The van der Waals surface area contributed by atoms with Crippen LogP contribution < -0.4 is 5.32 Å². The van der Waals surface area contributed by atoms with Crippen molar-refractivity contribution < 1.29 is 14.7 Å². The molecule has 4 nitrogen and oxygen atoms in total. The maximum absolute atomic E-state index is 12.1. The lowest BCUT2D eigenvalue weighted by Crippen LogP contribution is -2.49. The molecule has 0 aromatic heterocycles. The van der Waals surface area contributed by atoms with E-state index in [1.54, 1.807) is 32.9 Å². The van der Waals surface area contributed by atoms with Gasteiger partial charge in [0.2, 0.25) is 0 Å². The second-order valence-electron chi connectivity index (χ2n) is 5.91. The van der Waals surface area contributed by atoms with E-state index in [0.717, 1.165) is 11.1 Å². The van der Waals surface area contributed by atoms with E-state index in [4.69, 9.17) is 0 Å². The van der Waals surface area contributed by atoms with Crippen molar-refractivity contribution in [2.75, 3.05) is 0 Å². The molecule has 2 N–H and O–H groups in total. The molecular weight excluding hydrogens is 242 g/mol. The summed E-state index contributed by atoms with van der Waals surface area (Å²) in [7, 11) is 0. The summed E-state index contributed by atoms with van der Waals surface area (Å²) in [5.41, 5.74) is 2.05. The topological polar surface area (TPSA) is 66.4 Å². The molecule has 104 valence electrons. The van der Waals surface area contributed by atoms with Crippen molar-refractivity contribution in [3.63, 3.8) is 0 Å². The zero-order valence-corrected chi connectivity index (χ0v) is 12.1. The first-order chi connectivity index (χ1) is 8.62. The van der Waals surface area contributed by atoms with Gasteiger partial charge in [-0.2, -0.15) is 0 Å². The van der Waals surface area contributed by atoms with E-state index in [0.29, 0.717) is 5.56 Å². The fraction of sp³-hybridized carbons (Fsp3) is 0.467.